The third kappa shape index (κ3) is 2.09. The van der Waals surface area contributed by atoms with Gasteiger partial charge >= 0.3 is 5.69 Å². The molecule has 0 saturated carbocycles. The molecule has 0 amide bonds. The fourth-order valence-corrected chi connectivity index (χ4v) is 2.29. The van der Waals surface area contributed by atoms with Gasteiger partial charge in [-0.1, -0.05) is 34.8 Å². The van der Waals surface area contributed by atoms with Gasteiger partial charge in [-0.15, -0.1) is 0 Å². The van der Waals surface area contributed by atoms with Gasteiger partial charge in [-0.05, 0) is 6.07 Å². The Bertz CT molecular complexity index is 877. The molecule has 1 aromatic heterocycles. The van der Waals surface area contributed by atoms with Gasteiger partial charge in [0.15, 0.2) is 0 Å². The zero-order chi connectivity index (χ0) is 15.2. The summed E-state index contributed by atoms with van der Waals surface area (Å²) in [7, 11) is 0. The number of nitrogens with one attached hydrogen (secondary N) is 1. The molecule has 0 atom stereocenters. The quantitative estimate of drug-likeness (QED) is 0.471. The van der Waals surface area contributed by atoms with E-state index in [0.717, 1.165) is 6.07 Å². The van der Waals surface area contributed by atoms with E-state index in [1.54, 1.807) is 0 Å². The smallest absolute Gasteiger partial charge is 0.364 e. The second-order valence-corrected chi connectivity index (χ2v) is 4.81. The Balaban J connectivity index is 3.28. The van der Waals surface area contributed by atoms with Crippen LogP contribution in [0.15, 0.2) is 15.7 Å². The van der Waals surface area contributed by atoms with Crippen LogP contribution in [-0.2, 0) is 0 Å². The van der Waals surface area contributed by atoms with Crippen LogP contribution in [0.1, 0.15) is 0 Å². The highest BCUT2D eigenvalue weighted by molar-refractivity contribution is 6.50. The van der Waals surface area contributed by atoms with Crippen LogP contribution in [0.4, 0.5) is 5.69 Å². The number of aromatic amines is 1. The minimum atomic E-state index is -1.32. The molecule has 2 aromatic rings. The maximum Gasteiger partial charge on any atom is 0.364 e. The SMILES string of the molecule is O=c1[nH]c2cc(Cl)c(Cl)c(Cl)c2c(=O)c([N+](=O)[O-])c1O. The molecule has 104 valence electrons. The normalized spacial score (nSPS) is 10.8. The molecular weight excluding hydrogens is 334 g/mol. The van der Waals surface area contributed by atoms with Crippen molar-refractivity contribution in [2.75, 3.05) is 0 Å². The zero-order valence-corrected chi connectivity index (χ0v) is 11.5. The summed E-state index contributed by atoms with van der Waals surface area (Å²) in [5.74, 6) is -1.32. The van der Waals surface area contributed by atoms with Crippen LogP contribution in [0.3, 0.4) is 0 Å². The molecule has 0 aliphatic carbocycles. The van der Waals surface area contributed by atoms with Crippen LogP contribution in [0.25, 0.3) is 10.9 Å². The van der Waals surface area contributed by atoms with E-state index in [-0.39, 0.29) is 20.6 Å². The van der Waals surface area contributed by atoms with E-state index in [0.29, 0.717) is 0 Å². The van der Waals surface area contributed by atoms with E-state index in [4.69, 9.17) is 34.8 Å². The number of H-pyrrole nitrogens is 1. The Hall–Kier alpha value is -1.83. The summed E-state index contributed by atoms with van der Waals surface area (Å²) in [6, 6.07) is 1.11. The molecule has 2 rings (SSSR count). The number of hydrogen-bond acceptors (Lipinski definition) is 5. The average Bonchev–Trinajstić information content (AvgIpc) is 2.43. The molecule has 0 fully saturated rings. The van der Waals surface area contributed by atoms with Crippen molar-refractivity contribution in [3.8, 4) is 5.75 Å². The number of halogens is 3. The second kappa shape index (κ2) is 4.93. The Labute approximate surface area is 124 Å². The number of nitro groups is 1. The topological polar surface area (TPSA) is 113 Å². The van der Waals surface area contributed by atoms with Gasteiger partial charge in [-0.25, -0.2) is 0 Å². The molecule has 0 saturated heterocycles. The number of benzene rings is 1. The van der Waals surface area contributed by atoms with Crippen molar-refractivity contribution in [2.24, 2.45) is 0 Å². The number of aromatic hydroxyl groups is 1. The summed E-state index contributed by atoms with van der Waals surface area (Å²) in [4.78, 5) is 35.4. The Morgan fingerprint density at radius 1 is 1.20 bits per heavy atom. The largest absolute Gasteiger partial charge is 0.498 e. The van der Waals surface area contributed by atoms with Gasteiger partial charge < -0.3 is 10.1 Å². The first kappa shape index (κ1) is 14.6. The highest BCUT2D eigenvalue weighted by Gasteiger charge is 2.25. The van der Waals surface area contributed by atoms with Gasteiger partial charge in [-0.3, -0.25) is 19.7 Å². The Morgan fingerprint density at radius 2 is 1.80 bits per heavy atom. The molecule has 10 heteroatoms. The Morgan fingerprint density at radius 3 is 2.35 bits per heavy atom. The first-order valence-electron chi connectivity index (χ1n) is 4.86. The summed E-state index contributed by atoms with van der Waals surface area (Å²) in [5, 5.41) is 19.3. The number of rotatable bonds is 1. The number of fused-ring (bicyclic) bond motifs is 1. The van der Waals surface area contributed by atoms with E-state index < -0.39 is 32.7 Å². The lowest BCUT2D eigenvalue weighted by Crippen LogP contribution is -2.08. The van der Waals surface area contributed by atoms with Crippen molar-refractivity contribution in [1.29, 1.82) is 0 Å². The number of nitrogens with zero attached hydrogens (tertiary/aromatic N) is 1. The second-order valence-electron chi connectivity index (χ2n) is 3.65. The number of aromatic nitrogens is 1. The lowest BCUT2D eigenvalue weighted by atomic mass is 10.2. The minimum absolute atomic E-state index is 0.0624. The predicted octanol–water partition coefficient (Wildman–Crippen LogP) is 2.46. The fraction of sp³-hybridized carbons (Fsp3) is 0. The maximum atomic E-state index is 12.1. The van der Waals surface area contributed by atoms with E-state index in [1.807, 2.05) is 0 Å². The highest BCUT2D eigenvalue weighted by Crippen LogP contribution is 2.35. The molecule has 0 radical (unpaired) electrons. The molecule has 7 nitrogen and oxygen atoms in total. The van der Waals surface area contributed by atoms with Gasteiger partial charge in [0, 0.05) is 0 Å². The monoisotopic (exact) mass is 336 g/mol. The van der Waals surface area contributed by atoms with Crippen LogP contribution in [0, 0.1) is 10.1 Å². The molecule has 20 heavy (non-hydrogen) atoms. The lowest BCUT2D eigenvalue weighted by Gasteiger charge is -2.00. The standard InChI is InChI=1S/C10H3Cl3N2O5/c11-2-1-3-4(6(13)5(2)12)8(16)7(15(19)20)9(17)10(18)14-3/h1,17H,(H,14,18). The van der Waals surface area contributed by atoms with E-state index >= 15 is 0 Å². The van der Waals surface area contributed by atoms with Crippen LogP contribution in [0.2, 0.25) is 15.1 Å². The summed E-state index contributed by atoms with van der Waals surface area (Å²) in [5.41, 5.74) is -3.94. The van der Waals surface area contributed by atoms with E-state index in [9.17, 15) is 24.8 Å². The summed E-state index contributed by atoms with van der Waals surface area (Å²) in [6.07, 6.45) is 0. The van der Waals surface area contributed by atoms with Crippen LogP contribution >= 0.6 is 34.8 Å². The Kier molecular flexibility index (Phi) is 3.59. The predicted molar refractivity (Wildman–Crippen MR) is 74.2 cm³/mol. The van der Waals surface area contributed by atoms with Crippen LogP contribution in [0.5, 0.6) is 5.75 Å². The lowest BCUT2D eigenvalue weighted by molar-refractivity contribution is -0.386. The zero-order valence-electron chi connectivity index (χ0n) is 9.24. The van der Waals surface area contributed by atoms with Crippen molar-refractivity contribution in [1.82, 2.24) is 4.98 Å². The highest BCUT2D eigenvalue weighted by atomic mass is 35.5. The number of hydrogen-bond donors (Lipinski definition) is 2. The van der Waals surface area contributed by atoms with Crippen LogP contribution < -0.4 is 11.0 Å². The molecule has 0 aliphatic rings. The van der Waals surface area contributed by atoms with Crippen molar-refractivity contribution in [3.05, 3.63) is 51.8 Å². The van der Waals surface area contributed by atoms with Gasteiger partial charge in [-0.2, -0.15) is 0 Å². The summed E-state index contributed by atoms with van der Waals surface area (Å²) in [6.45, 7) is 0. The third-order valence-electron chi connectivity index (χ3n) is 2.47. The first-order chi connectivity index (χ1) is 9.25. The van der Waals surface area contributed by atoms with Gasteiger partial charge in [0.2, 0.25) is 0 Å². The first-order valence-corrected chi connectivity index (χ1v) is 6.00. The molecule has 1 heterocycles. The van der Waals surface area contributed by atoms with Gasteiger partial charge in [0.25, 0.3) is 16.7 Å². The molecule has 0 bridgehead atoms. The molecule has 0 spiro atoms. The molecule has 2 N–H and O–H groups in total. The molecule has 0 aliphatic heterocycles. The fourth-order valence-electron chi connectivity index (χ4n) is 1.60. The van der Waals surface area contributed by atoms with Gasteiger partial charge in [0.1, 0.15) is 0 Å². The van der Waals surface area contributed by atoms with E-state index in [2.05, 4.69) is 4.98 Å². The van der Waals surface area contributed by atoms with Crippen LogP contribution in [-0.4, -0.2) is 15.0 Å². The van der Waals surface area contributed by atoms with E-state index in [1.165, 1.54) is 0 Å². The molecule has 0 unspecified atom stereocenters. The molecular formula is C10H3Cl3N2O5. The van der Waals surface area contributed by atoms with Gasteiger partial charge in [0.05, 0.1) is 30.9 Å². The summed E-state index contributed by atoms with van der Waals surface area (Å²) < 4.78 is 0. The van der Waals surface area contributed by atoms with Crippen molar-refractivity contribution < 1.29 is 10.0 Å². The molecule has 1 aromatic carbocycles. The average molecular weight is 338 g/mol. The third-order valence-corrected chi connectivity index (χ3v) is 3.74. The maximum absolute atomic E-state index is 12.1. The van der Waals surface area contributed by atoms with Crippen molar-refractivity contribution in [2.45, 2.75) is 0 Å². The minimum Gasteiger partial charge on any atom is -0.498 e. The van der Waals surface area contributed by atoms with Crippen molar-refractivity contribution >= 4 is 51.4 Å². The van der Waals surface area contributed by atoms with Crippen molar-refractivity contribution in [3.63, 3.8) is 0 Å². The summed E-state index contributed by atoms with van der Waals surface area (Å²) >= 11 is 17.3.